The number of rotatable bonds is 4. The van der Waals surface area contributed by atoms with E-state index in [1.165, 1.54) is 0 Å². The minimum absolute atomic E-state index is 0.0834. The zero-order chi connectivity index (χ0) is 27.4. The lowest BCUT2D eigenvalue weighted by Crippen LogP contribution is -2.40. The van der Waals surface area contributed by atoms with E-state index >= 15 is 0 Å². The first-order valence-corrected chi connectivity index (χ1v) is 13.0. The quantitative estimate of drug-likeness (QED) is 0.390. The van der Waals surface area contributed by atoms with Gasteiger partial charge in [-0.05, 0) is 53.9 Å². The van der Waals surface area contributed by atoms with Crippen LogP contribution in [-0.2, 0) is 9.59 Å². The standard InChI is InChI=1S/C31H23N3O6/c35-27-15-19(17-33(27)22-11-12-25-26(16-22)40-14-13-39-25)29(36)32-20-7-9-21(10-8-20)34-30(37)23-5-1-3-18-4-2-6-24(28(18)23)31(34)38/h1-12,16,19H,13-15,17H2,(H,32,36)/t19-/m1/s1. The third-order valence-corrected chi connectivity index (χ3v) is 7.50. The average Bonchev–Trinajstić information content (AvgIpc) is 3.38. The van der Waals surface area contributed by atoms with Crippen molar-refractivity contribution >= 4 is 51.5 Å². The van der Waals surface area contributed by atoms with Gasteiger partial charge >= 0.3 is 0 Å². The van der Waals surface area contributed by atoms with Gasteiger partial charge in [-0.25, -0.2) is 4.90 Å². The van der Waals surface area contributed by atoms with Gasteiger partial charge in [-0.2, -0.15) is 0 Å². The summed E-state index contributed by atoms with van der Waals surface area (Å²) in [5.74, 6) is -0.548. The number of nitrogens with one attached hydrogen (secondary N) is 1. The van der Waals surface area contributed by atoms with Crippen LogP contribution in [0.4, 0.5) is 17.1 Å². The monoisotopic (exact) mass is 533 g/mol. The van der Waals surface area contributed by atoms with Crippen molar-refractivity contribution in [2.24, 2.45) is 5.92 Å². The lowest BCUT2D eigenvalue weighted by molar-refractivity contribution is -0.122. The van der Waals surface area contributed by atoms with Gasteiger partial charge in [-0.1, -0.05) is 24.3 Å². The average molecular weight is 534 g/mol. The van der Waals surface area contributed by atoms with Crippen LogP contribution in [0, 0.1) is 5.92 Å². The summed E-state index contributed by atoms with van der Waals surface area (Å²) in [7, 11) is 0. The van der Waals surface area contributed by atoms with Crippen molar-refractivity contribution in [2.75, 3.05) is 34.9 Å². The van der Waals surface area contributed by atoms with Crippen LogP contribution < -0.4 is 24.6 Å². The van der Waals surface area contributed by atoms with E-state index in [9.17, 15) is 19.2 Å². The minimum atomic E-state index is -0.539. The number of hydrogen-bond donors (Lipinski definition) is 1. The Labute approximate surface area is 228 Å². The summed E-state index contributed by atoms with van der Waals surface area (Å²) >= 11 is 0. The number of fused-ring (bicyclic) bond motifs is 1. The Morgan fingerprint density at radius 2 is 1.43 bits per heavy atom. The van der Waals surface area contributed by atoms with Crippen molar-refractivity contribution in [3.05, 3.63) is 90.0 Å². The molecule has 1 fully saturated rings. The normalized spacial score (nSPS) is 17.9. The first kappa shape index (κ1) is 23.9. The van der Waals surface area contributed by atoms with Crippen LogP contribution in [0.1, 0.15) is 27.1 Å². The van der Waals surface area contributed by atoms with E-state index in [0.717, 1.165) is 10.3 Å². The summed E-state index contributed by atoms with van der Waals surface area (Å²) in [6, 6.07) is 22.6. The Morgan fingerprint density at radius 1 is 0.775 bits per heavy atom. The van der Waals surface area contributed by atoms with Crippen LogP contribution in [0.3, 0.4) is 0 Å². The molecule has 1 N–H and O–H groups in total. The molecule has 0 spiro atoms. The van der Waals surface area contributed by atoms with Gasteiger partial charge in [0.15, 0.2) is 11.5 Å². The molecule has 0 aliphatic carbocycles. The molecule has 3 aliphatic heterocycles. The van der Waals surface area contributed by atoms with Crippen LogP contribution in [0.15, 0.2) is 78.9 Å². The molecule has 3 aliphatic rings. The van der Waals surface area contributed by atoms with Crippen LogP contribution >= 0.6 is 0 Å². The molecule has 4 aromatic carbocycles. The Morgan fingerprint density at radius 3 is 2.12 bits per heavy atom. The van der Waals surface area contributed by atoms with Crippen LogP contribution in [0.5, 0.6) is 11.5 Å². The number of amides is 4. The number of anilines is 3. The summed E-state index contributed by atoms with van der Waals surface area (Å²) in [5, 5.41) is 4.36. The maximum absolute atomic E-state index is 13.3. The molecule has 40 heavy (non-hydrogen) atoms. The van der Waals surface area contributed by atoms with E-state index in [0.29, 0.717) is 58.3 Å². The summed E-state index contributed by atoms with van der Waals surface area (Å²) in [5.41, 5.74) is 2.50. The summed E-state index contributed by atoms with van der Waals surface area (Å²) in [6.45, 7) is 1.16. The summed E-state index contributed by atoms with van der Waals surface area (Å²) < 4.78 is 11.2. The smallest absolute Gasteiger partial charge is 0.265 e. The molecule has 0 radical (unpaired) electrons. The predicted octanol–water partition coefficient (Wildman–Crippen LogP) is 4.40. The zero-order valence-corrected chi connectivity index (χ0v) is 21.3. The minimum Gasteiger partial charge on any atom is -0.486 e. The van der Waals surface area contributed by atoms with E-state index in [1.54, 1.807) is 71.6 Å². The van der Waals surface area contributed by atoms with Gasteiger partial charge in [0, 0.05) is 46.9 Å². The molecule has 9 nitrogen and oxygen atoms in total. The van der Waals surface area contributed by atoms with Crippen molar-refractivity contribution in [3.8, 4) is 11.5 Å². The molecule has 3 heterocycles. The maximum Gasteiger partial charge on any atom is 0.265 e. The van der Waals surface area contributed by atoms with Crippen LogP contribution in [-0.4, -0.2) is 43.4 Å². The van der Waals surface area contributed by atoms with Crippen molar-refractivity contribution in [3.63, 3.8) is 0 Å². The molecular formula is C31H23N3O6. The van der Waals surface area contributed by atoms with E-state index in [1.807, 2.05) is 12.1 Å². The SMILES string of the molecule is O=C(Nc1ccc(N2C(=O)c3cccc4cccc(c34)C2=O)cc1)[C@@H]1CC(=O)N(c2ccc3c(c2)OCCO3)C1. The van der Waals surface area contributed by atoms with Gasteiger partial charge in [-0.15, -0.1) is 0 Å². The molecule has 0 bridgehead atoms. The fraction of sp³-hybridized carbons (Fsp3) is 0.161. The number of ether oxygens (including phenoxy) is 2. The molecule has 9 heteroatoms. The molecule has 1 atom stereocenters. The molecule has 7 rings (SSSR count). The predicted molar refractivity (Wildman–Crippen MR) is 148 cm³/mol. The highest BCUT2D eigenvalue weighted by atomic mass is 16.6. The second-order valence-electron chi connectivity index (χ2n) is 9.92. The van der Waals surface area contributed by atoms with Crippen molar-refractivity contribution in [1.82, 2.24) is 0 Å². The Balaban J connectivity index is 1.06. The molecular weight excluding hydrogens is 510 g/mol. The van der Waals surface area contributed by atoms with Crippen LogP contribution in [0.25, 0.3) is 10.8 Å². The second-order valence-corrected chi connectivity index (χ2v) is 9.92. The third-order valence-electron chi connectivity index (χ3n) is 7.50. The van der Waals surface area contributed by atoms with Gasteiger partial charge in [0.1, 0.15) is 13.2 Å². The molecule has 4 aromatic rings. The van der Waals surface area contributed by atoms with Crippen LogP contribution in [0.2, 0.25) is 0 Å². The van der Waals surface area contributed by atoms with Gasteiger partial charge in [0.2, 0.25) is 11.8 Å². The highest BCUT2D eigenvalue weighted by Gasteiger charge is 2.36. The summed E-state index contributed by atoms with van der Waals surface area (Å²) in [4.78, 5) is 55.1. The number of nitrogens with zero attached hydrogens (tertiary/aromatic N) is 2. The molecule has 0 saturated carbocycles. The van der Waals surface area contributed by atoms with E-state index in [-0.39, 0.29) is 24.8 Å². The molecule has 198 valence electrons. The molecule has 1 saturated heterocycles. The zero-order valence-electron chi connectivity index (χ0n) is 21.3. The highest BCUT2D eigenvalue weighted by Crippen LogP contribution is 2.37. The van der Waals surface area contributed by atoms with Gasteiger partial charge in [-0.3, -0.25) is 19.2 Å². The summed E-state index contributed by atoms with van der Waals surface area (Å²) in [6.07, 6.45) is 0.0834. The topological polar surface area (TPSA) is 105 Å². The Bertz CT molecular complexity index is 1680. The maximum atomic E-state index is 13.3. The number of carbonyl (C=O) groups excluding carboxylic acids is 4. The van der Waals surface area contributed by atoms with Crippen molar-refractivity contribution < 1.29 is 28.7 Å². The fourth-order valence-corrected chi connectivity index (χ4v) is 5.54. The number of carbonyl (C=O) groups is 4. The van der Waals surface area contributed by atoms with E-state index < -0.39 is 17.7 Å². The van der Waals surface area contributed by atoms with Gasteiger partial charge < -0.3 is 19.7 Å². The van der Waals surface area contributed by atoms with Crippen molar-refractivity contribution in [2.45, 2.75) is 6.42 Å². The Kier molecular flexibility index (Phi) is 5.52. The number of hydrogen-bond acceptors (Lipinski definition) is 6. The van der Waals surface area contributed by atoms with E-state index in [2.05, 4.69) is 5.32 Å². The molecule has 0 aromatic heterocycles. The lowest BCUT2D eigenvalue weighted by Gasteiger charge is -2.27. The molecule has 4 amide bonds. The largest absolute Gasteiger partial charge is 0.486 e. The van der Waals surface area contributed by atoms with Gasteiger partial charge in [0.05, 0.1) is 11.6 Å². The van der Waals surface area contributed by atoms with Crippen molar-refractivity contribution in [1.29, 1.82) is 0 Å². The van der Waals surface area contributed by atoms with Gasteiger partial charge in [0.25, 0.3) is 11.8 Å². The lowest BCUT2D eigenvalue weighted by atomic mass is 9.94. The van der Waals surface area contributed by atoms with E-state index in [4.69, 9.17) is 9.47 Å². The number of imide groups is 1. The first-order chi connectivity index (χ1) is 19.5. The third kappa shape index (κ3) is 3.86. The Hall–Kier alpha value is -5.18. The number of benzene rings is 4. The second kappa shape index (κ2) is 9.23. The first-order valence-electron chi connectivity index (χ1n) is 13.0. The highest BCUT2D eigenvalue weighted by molar-refractivity contribution is 6.35. The fourth-order valence-electron chi connectivity index (χ4n) is 5.54. The molecule has 0 unspecified atom stereocenters.